The van der Waals surface area contributed by atoms with Crippen LogP contribution < -0.4 is 15.2 Å². The molecule has 0 radical (unpaired) electrons. The first-order chi connectivity index (χ1) is 8.60. The van der Waals surface area contributed by atoms with Crippen LogP contribution in [0.3, 0.4) is 0 Å². The van der Waals surface area contributed by atoms with E-state index in [-0.39, 0.29) is 11.4 Å². The van der Waals surface area contributed by atoms with Crippen molar-refractivity contribution in [3.63, 3.8) is 0 Å². The van der Waals surface area contributed by atoms with Crippen LogP contribution >= 0.6 is 0 Å². The van der Waals surface area contributed by atoms with Crippen molar-refractivity contribution in [3.8, 4) is 11.5 Å². The van der Waals surface area contributed by atoms with Crippen LogP contribution in [0.5, 0.6) is 11.5 Å². The maximum Gasteiger partial charge on any atom is 0.296 e. The normalized spacial score (nSPS) is 10.1. The van der Waals surface area contributed by atoms with Crippen LogP contribution in [0.1, 0.15) is 26.2 Å². The topological polar surface area (TPSA) is 87.6 Å². The molecule has 18 heavy (non-hydrogen) atoms. The molecule has 1 aromatic rings. The van der Waals surface area contributed by atoms with Gasteiger partial charge in [0.25, 0.3) is 5.69 Å². The van der Waals surface area contributed by atoms with Gasteiger partial charge in [-0.1, -0.05) is 19.8 Å². The molecule has 100 valence electrons. The van der Waals surface area contributed by atoms with Gasteiger partial charge < -0.3 is 15.2 Å². The molecular weight excluding hydrogens is 236 g/mol. The quantitative estimate of drug-likeness (QED) is 0.350. The molecule has 6 nitrogen and oxygen atoms in total. The molecule has 2 N–H and O–H groups in total. The van der Waals surface area contributed by atoms with Crippen molar-refractivity contribution < 1.29 is 14.4 Å². The minimum atomic E-state index is -0.543. The summed E-state index contributed by atoms with van der Waals surface area (Å²) in [7, 11) is 1.44. The highest BCUT2D eigenvalue weighted by Crippen LogP contribution is 2.36. The maximum absolute atomic E-state index is 10.7. The van der Waals surface area contributed by atoms with Gasteiger partial charge in [-0.3, -0.25) is 10.1 Å². The van der Waals surface area contributed by atoms with E-state index in [9.17, 15) is 10.1 Å². The monoisotopic (exact) mass is 254 g/mol. The van der Waals surface area contributed by atoms with E-state index in [4.69, 9.17) is 15.2 Å². The van der Waals surface area contributed by atoms with Gasteiger partial charge >= 0.3 is 0 Å². The van der Waals surface area contributed by atoms with Crippen molar-refractivity contribution in [2.24, 2.45) is 0 Å². The fourth-order valence-electron chi connectivity index (χ4n) is 1.53. The summed E-state index contributed by atoms with van der Waals surface area (Å²) < 4.78 is 10.6. The molecule has 0 aliphatic carbocycles. The molecule has 0 saturated carbocycles. The zero-order valence-corrected chi connectivity index (χ0v) is 10.6. The highest BCUT2D eigenvalue weighted by Gasteiger charge is 2.17. The van der Waals surface area contributed by atoms with Crippen molar-refractivity contribution in [1.29, 1.82) is 0 Å². The SMILES string of the molecule is CCCCCOc1cc(N)c([N+](=O)[O-])cc1OC. The van der Waals surface area contributed by atoms with Crippen LogP contribution in [0.25, 0.3) is 0 Å². The van der Waals surface area contributed by atoms with Crippen LogP contribution in [0, 0.1) is 10.1 Å². The molecule has 0 bridgehead atoms. The Morgan fingerprint density at radius 1 is 1.33 bits per heavy atom. The Hall–Kier alpha value is -1.98. The Bertz CT molecular complexity index is 421. The third-order valence-corrected chi connectivity index (χ3v) is 2.52. The Kier molecular flexibility index (Phi) is 5.23. The lowest BCUT2D eigenvalue weighted by atomic mass is 10.2. The minimum Gasteiger partial charge on any atom is -0.493 e. The smallest absolute Gasteiger partial charge is 0.296 e. The minimum absolute atomic E-state index is 0.0753. The van der Waals surface area contributed by atoms with E-state index in [1.165, 1.54) is 19.2 Å². The number of nitrogens with zero attached hydrogens (tertiary/aromatic N) is 1. The summed E-state index contributed by atoms with van der Waals surface area (Å²) in [5.74, 6) is 0.768. The summed E-state index contributed by atoms with van der Waals surface area (Å²) in [4.78, 5) is 10.2. The van der Waals surface area contributed by atoms with Crippen LogP contribution in [0.15, 0.2) is 12.1 Å². The van der Waals surface area contributed by atoms with E-state index in [0.29, 0.717) is 18.1 Å². The lowest BCUT2D eigenvalue weighted by Crippen LogP contribution is -2.02. The first-order valence-corrected chi connectivity index (χ1v) is 5.84. The van der Waals surface area contributed by atoms with E-state index in [0.717, 1.165) is 19.3 Å². The van der Waals surface area contributed by atoms with E-state index in [2.05, 4.69) is 6.92 Å². The second-order valence-electron chi connectivity index (χ2n) is 3.87. The summed E-state index contributed by atoms with van der Waals surface area (Å²) in [6, 6.07) is 2.72. The zero-order chi connectivity index (χ0) is 13.5. The van der Waals surface area contributed by atoms with Crippen molar-refractivity contribution in [2.75, 3.05) is 19.5 Å². The van der Waals surface area contributed by atoms with E-state index in [1.54, 1.807) is 0 Å². The predicted octanol–water partition coefficient (Wildman–Crippen LogP) is 2.75. The van der Waals surface area contributed by atoms with Gasteiger partial charge in [-0.05, 0) is 6.42 Å². The summed E-state index contributed by atoms with van der Waals surface area (Å²) in [5, 5.41) is 10.7. The average Bonchev–Trinajstić information content (AvgIpc) is 2.34. The highest BCUT2D eigenvalue weighted by atomic mass is 16.6. The Labute approximate surface area is 106 Å². The van der Waals surface area contributed by atoms with Crippen LogP contribution in [0.2, 0.25) is 0 Å². The van der Waals surface area contributed by atoms with Crippen molar-refractivity contribution in [2.45, 2.75) is 26.2 Å². The standard InChI is InChI=1S/C12H18N2O4/c1-3-4-5-6-18-12-7-9(13)10(14(15)16)8-11(12)17-2/h7-8H,3-6,13H2,1-2H3. The number of nitrogens with two attached hydrogens (primary N) is 1. The number of rotatable bonds is 7. The molecule has 0 unspecified atom stereocenters. The number of nitrogen functional groups attached to an aromatic ring is 1. The number of hydrogen-bond acceptors (Lipinski definition) is 5. The van der Waals surface area contributed by atoms with E-state index in [1.807, 2.05) is 0 Å². The fourth-order valence-corrected chi connectivity index (χ4v) is 1.53. The molecule has 1 rings (SSSR count). The lowest BCUT2D eigenvalue weighted by Gasteiger charge is -2.11. The first-order valence-electron chi connectivity index (χ1n) is 5.84. The number of ether oxygens (including phenoxy) is 2. The molecule has 6 heteroatoms. The molecule has 0 aliphatic rings. The van der Waals surface area contributed by atoms with Gasteiger partial charge in [0.1, 0.15) is 5.69 Å². The van der Waals surface area contributed by atoms with E-state index >= 15 is 0 Å². The fraction of sp³-hybridized carbons (Fsp3) is 0.500. The number of hydrogen-bond donors (Lipinski definition) is 1. The lowest BCUT2D eigenvalue weighted by molar-refractivity contribution is -0.384. The van der Waals surface area contributed by atoms with Crippen LogP contribution in [-0.4, -0.2) is 18.6 Å². The molecular formula is C12H18N2O4. The zero-order valence-electron chi connectivity index (χ0n) is 10.6. The summed E-state index contributed by atoms with van der Waals surface area (Å²) in [5.41, 5.74) is 5.50. The predicted molar refractivity (Wildman–Crippen MR) is 69.1 cm³/mol. The third kappa shape index (κ3) is 3.51. The van der Waals surface area contributed by atoms with Gasteiger partial charge in [0.2, 0.25) is 0 Å². The molecule has 0 atom stereocenters. The van der Waals surface area contributed by atoms with Crippen LogP contribution in [0.4, 0.5) is 11.4 Å². The van der Waals surface area contributed by atoms with Gasteiger partial charge in [-0.2, -0.15) is 0 Å². The molecule has 0 heterocycles. The second-order valence-corrected chi connectivity index (χ2v) is 3.87. The number of benzene rings is 1. The first kappa shape index (κ1) is 14.1. The Balaban J connectivity index is 2.84. The molecule has 0 spiro atoms. The Morgan fingerprint density at radius 2 is 2.06 bits per heavy atom. The number of methoxy groups -OCH3 is 1. The van der Waals surface area contributed by atoms with Crippen molar-refractivity contribution in [1.82, 2.24) is 0 Å². The molecule has 0 aromatic heterocycles. The molecule has 0 amide bonds. The average molecular weight is 254 g/mol. The van der Waals surface area contributed by atoms with Gasteiger partial charge in [0.05, 0.1) is 24.7 Å². The molecule has 0 saturated heterocycles. The maximum atomic E-state index is 10.7. The second kappa shape index (κ2) is 6.68. The number of anilines is 1. The highest BCUT2D eigenvalue weighted by molar-refractivity contribution is 5.65. The summed E-state index contributed by atoms with van der Waals surface area (Å²) in [6.07, 6.45) is 3.10. The largest absolute Gasteiger partial charge is 0.493 e. The summed E-state index contributed by atoms with van der Waals surface area (Å²) >= 11 is 0. The van der Waals surface area contributed by atoms with Gasteiger partial charge in [0, 0.05) is 6.07 Å². The van der Waals surface area contributed by atoms with Gasteiger partial charge in [-0.15, -0.1) is 0 Å². The Morgan fingerprint density at radius 3 is 2.61 bits per heavy atom. The molecule has 0 fully saturated rings. The number of nitro benzene ring substituents is 1. The van der Waals surface area contributed by atoms with Crippen molar-refractivity contribution in [3.05, 3.63) is 22.2 Å². The van der Waals surface area contributed by atoms with Gasteiger partial charge in [-0.25, -0.2) is 0 Å². The number of unbranched alkanes of at least 4 members (excludes halogenated alkanes) is 2. The molecule has 1 aromatic carbocycles. The number of nitro groups is 1. The van der Waals surface area contributed by atoms with Gasteiger partial charge in [0.15, 0.2) is 11.5 Å². The molecule has 0 aliphatic heterocycles. The van der Waals surface area contributed by atoms with Crippen molar-refractivity contribution >= 4 is 11.4 Å². The summed E-state index contributed by atoms with van der Waals surface area (Å²) in [6.45, 7) is 2.64. The van der Waals surface area contributed by atoms with Crippen LogP contribution in [-0.2, 0) is 0 Å². The third-order valence-electron chi connectivity index (χ3n) is 2.52. The van der Waals surface area contributed by atoms with E-state index < -0.39 is 4.92 Å².